The highest BCUT2D eigenvalue weighted by Crippen LogP contribution is 2.03. The molecule has 1 amide bonds. The largest absolute Gasteiger partial charge is 0.368 e. The van der Waals surface area contributed by atoms with E-state index in [2.05, 4.69) is 15.6 Å². The fourth-order valence-corrected chi connectivity index (χ4v) is 1.30. The number of pyridine rings is 1. The summed E-state index contributed by atoms with van der Waals surface area (Å²) in [6, 6.07) is 5.45. The quantitative estimate of drug-likeness (QED) is 0.746. The van der Waals surface area contributed by atoms with Crippen LogP contribution in [0.15, 0.2) is 18.3 Å². The molecule has 5 nitrogen and oxygen atoms in total. The van der Waals surface area contributed by atoms with Crippen LogP contribution in [0.3, 0.4) is 0 Å². The number of carbonyl (C=O) groups is 1. The van der Waals surface area contributed by atoms with E-state index in [4.69, 9.17) is 5.26 Å². The third-order valence-electron chi connectivity index (χ3n) is 2.68. The molecule has 0 aromatic carbocycles. The molecule has 1 atom stereocenters. The van der Waals surface area contributed by atoms with Gasteiger partial charge in [0.2, 0.25) is 5.91 Å². The molecule has 0 spiro atoms. The van der Waals surface area contributed by atoms with E-state index in [1.54, 1.807) is 12.1 Å². The second-order valence-corrected chi connectivity index (χ2v) is 4.07. The number of hydrogen-bond donors (Lipinski definition) is 2. The number of carbonyl (C=O) groups excluding carboxylic acids is 1. The summed E-state index contributed by atoms with van der Waals surface area (Å²) >= 11 is 0. The summed E-state index contributed by atoms with van der Waals surface area (Å²) in [6.07, 6.45) is 2.36. The number of aromatic nitrogens is 1. The molecule has 0 radical (unpaired) electrons. The number of nitrogens with zero attached hydrogens (tertiary/aromatic N) is 2. The van der Waals surface area contributed by atoms with E-state index in [1.807, 2.05) is 19.9 Å². The molecule has 0 bridgehead atoms. The highest BCUT2D eigenvalue weighted by Gasteiger charge is 2.08. The van der Waals surface area contributed by atoms with Crippen LogP contribution in [-0.2, 0) is 4.79 Å². The van der Waals surface area contributed by atoms with Crippen molar-refractivity contribution in [1.29, 1.82) is 5.26 Å². The van der Waals surface area contributed by atoms with Gasteiger partial charge >= 0.3 is 0 Å². The van der Waals surface area contributed by atoms with Crippen LogP contribution >= 0.6 is 0 Å². The molecule has 0 fully saturated rings. The SMILES string of the molecule is CCC(C)C(=O)NCCNc1ccc(C#N)cn1. The fourth-order valence-electron chi connectivity index (χ4n) is 1.30. The highest BCUT2D eigenvalue weighted by molar-refractivity contribution is 5.78. The van der Waals surface area contributed by atoms with Crippen LogP contribution in [0.4, 0.5) is 5.82 Å². The Kier molecular flexibility index (Phi) is 5.65. The van der Waals surface area contributed by atoms with Crippen LogP contribution in [0.5, 0.6) is 0 Å². The zero-order valence-electron chi connectivity index (χ0n) is 10.7. The van der Waals surface area contributed by atoms with E-state index >= 15 is 0 Å². The van der Waals surface area contributed by atoms with Crippen molar-refractivity contribution in [3.8, 4) is 6.07 Å². The minimum Gasteiger partial charge on any atom is -0.368 e. The molecule has 1 rings (SSSR count). The number of rotatable bonds is 6. The van der Waals surface area contributed by atoms with Crippen molar-refractivity contribution in [3.63, 3.8) is 0 Å². The topological polar surface area (TPSA) is 77.8 Å². The smallest absolute Gasteiger partial charge is 0.222 e. The molecule has 2 N–H and O–H groups in total. The molecule has 1 aromatic rings. The van der Waals surface area contributed by atoms with Gasteiger partial charge in [0.05, 0.1) is 5.56 Å². The molecule has 5 heteroatoms. The first-order valence-electron chi connectivity index (χ1n) is 6.05. The molecule has 0 aliphatic carbocycles. The Morgan fingerprint density at radius 3 is 2.83 bits per heavy atom. The normalized spacial score (nSPS) is 11.4. The van der Waals surface area contributed by atoms with Crippen LogP contribution < -0.4 is 10.6 Å². The van der Waals surface area contributed by atoms with Crippen molar-refractivity contribution in [3.05, 3.63) is 23.9 Å². The van der Waals surface area contributed by atoms with Crippen LogP contribution in [0.1, 0.15) is 25.8 Å². The Hall–Kier alpha value is -2.09. The Morgan fingerprint density at radius 1 is 1.50 bits per heavy atom. The summed E-state index contributed by atoms with van der Waals surface area (Å²) in [5.74, 6) is 0.830. The van der Waals surface area contributed by atoms with Gasteiger partial charge < -0.3 is 10.6 Å². The van der Waals surface area contributed by atoms with Gasteiger partial charge in [-0.05, 0) is 18.6 Å². The standard InChI is InChI=1S/C13H18N4O/c1-3-10(2)13(18)16-7-6-15-12-5-4-11(8-14)9-17-12/h4-5,9-10H,3,6-7H2,1-2H3,(H,15,17)(H,16,18). The molecule has 96 valence electrons. The molecular weight excluding hydrogens is 228 g/mol. The van der Waals surface area contributed by atoms with Gasteiger partial charge in [-0.3, -0.25) is 4.79 Å². The third kappa shape index (κ3) is 4.42. The fraction of sp³-hybridized carbons (Fsp3) is 0.462. The van der Waals surface area contributed by atoms with Gasteiger partial charge in [-0.15, -0.1) is 0 Å². The van der Waals surface area contributed by atoms with Crippen molar-refractivity contribution in [2.45, 2.75) is 20.3 Å². The van der Waals surface area contributed by atoms with Crippen molar-refractivity contribution in [2.24, 2.45) is 5.92 Å². The summed E-state index contributed by atoms with van der Waals surface area (Å²) < 4.78 is 0. The molecule has 0 aliphatic heterocycles. The zero-order valence-corrected chi connectivity index (χ0v) is 10.7. The lowest BCUT2D eigenvalue weighted by Crippen LogP contribution is -2.32. The maximum absolute atomic E-state index is 11.5. The van der Waals surface area contributed by atoms with Crippen LogP contribution in [0.25, 0.3) is 0 Å². The lowest BCUT2D eigenvalue weighted by Gasteiger charge is -2.10. The van der Waals surface area contributed by atoms with Gasteiger partial charge in [-0.25, -0.2) is 4.98 Å². The predicted molar refractivity (Wildman–Crippen MR) is 69.9 cm³/mol. The average molecular weight is 246 g/mol. The number of hydrogen-bond acceptors (Lipinski definition) is 4. The van der Waals surface area contributed by atoms with Gasteiger partial charge in [0.1, 0.15) is 11.9 Å². The van der Waals surface area contributed by atoms with E-state index in [-0.39, 0.29) is 11.8 Å². The van der Waals surface area contributed by atoms with Crippen LogP contribution in [-0.4, -0.2) is 24.0 Å². The van der Waals surface area contributed by atoms with E-state index in [9.17, 15) is 4.79 Å². The molecule has 0 aliphatic rings. The van der Waals surface area contributed by atoms with Gasteiger partial charge in [-0.1, -0.05) is 13.8 Å². The predicted octanol–water partition coefficient (Wildman–Crippen LogP) is 1.53. The Bertz CT molecular complexity index is 422. The zero-order chi connectivity index (χ0) is 13.4. The lowest BCUT2D eigenvalue weighted by atomic mass is 10.1. The van der Waals surface area contributed by atoms with Crippen LogP contribution in [0, 0.1) is 17.2 Å². The monoisotopic (exact) mass is 246 g/mol. The van der Waals surface area contributed by atoms with E-state index in [0.29, 0.717) is 24.5 Å². The summed E-state index contributed by atoms with van der Waals surface area (Å²) in [4.78, 5) is 15.5. The maximum atomic E-state index is 11.5. The molecular formula is C13H18N4O. The summed E-state index contributed by atoms with van der Waals surface area (Å²) in [5, 5.41) is 14.5. The molecule has 1 aromatic heterocycles. The summed E-state index contributed by atoms with van der Waals surface area (Å²) in [6.45, 7) is 5.07. The maximum Gasteiger partial charge on any atom is 0.222 e. The third-order valence-corrected chi connectivity index (χ3v) is 2.68. The number of amides is 1. The van der Waals surface area contributed by atoms with Crippen LogP contribution in [0.2, 0.25) is 0 Å². The summed E-state index contributed by atoms with van der Waals surface area (Å²) in [5.41, 5.74) is 0.533. The molecule has 1 heterocycles. The molecule has 18 heavy (non-hydrogen) atoms. The van der Waals surface area contributed by atoms with Gasteiger partial charge in [-0.2, -0.15) is 5.26 Å². The molecule has 0 saturated carbocycles. The molecule has 1 unspecified atom stereocenters. The number of anilines is 1. The molecule has 0 saturated heterocycles. The Morgan fingerprint density at radius 2 is 2.28 bits per heavy atom. The average Bonchev–Trinajstić information content (AvgIpc) is 2.43. The minimum atomic E-state index is 0.0537. The number of nitriles is 1. The summed E-state index contributed by atoms with van der Waals surface area (Å²) in [7, 11) is 0. The first-order chi connectivity index (χ1) is 8.67. The number of nitrogens with one attached hydrogen (secondary N) is 2. The van der Waals surface area contributed by atoms with Gasteiger partial charge in [0.25, 0.3) is 0 Å². The van der Waals surface area contributed by atoms with Crippen molar-refractivity contribution in [1.82, 2.24) is 10.3 Å². The minimum absolute atomic E-state index is 0.0537. The first kappa shape index (κ1) is 14.0. The van der Waals surface area contributed by atoms with Gasteiger partial charge in [0.15, 0.2) is 0 Å². The Labute approximate surface area is 107 Å². The van der Waals surface area contributed by atoms with Crippen molar-refractivity contribution >= 4 is 11.7 Å². The van der Waals surface area contributed by atoms with E-state index in [0.717, 1.165) is 6.42 Å². The second kappa shape index (κ2) is 7.28. The first-order valence-corrected chi connectivity index (χ1v) is 6.05. The van der Waals surface area contributed by atoms with Crippen molar-refractivity contribution in [2.75, 3.05) is 18.4 Å². The van der Waals surface area contributed by atoms with Gasteiger partial charge in [0, 0.05) is 25.2 Å². The second-order valence-electron chi connectivity index (χ2n) is 4.07. The van der Waals surface area contributed by atoms with E-state index in [1.165, 1.54) is 6.20 Å². The Balaban J connectivity index is 2.25. The lowest BCUT2D eigenvalue weighted by molar-refractivity contribution is -0.124. The van der Waals surface area contributed by atoms with E-state index < -0.39 is 0 Å². The highest BCUT2D eigenvalue weighted by atomic mass is 16.1. The van der Waals surface area contributed by atoms with Crippen molar-refractivity contribution < 1.29 is 4.79 Å².